The molecule has 1 aliphatic rings. The number of hydrogen-bond acceptors (Lipinski definition) is 8. The lowest BCUT2D eigenvalue weighted by atomic mass is 9.93. The van der Waals surface area contributed by atoms with Gasteiger partial charge in [-0.3, -0.25) is 14.5 Å². The number of amides is 1. The fourth-order valence-electron chi connectivity index (χ4n) is 6.74. The van der Waals surface area contributed by atoms with Gasteiger partial charge in [-0.15, -0.1) is 0 Å². The van der Waals surface area contributed by atoms with E-state index in [-0.39, 0.29) is 12.3 Å². The Labute approximate surface area is 285 Å². The van der Waals surface area contributed by atoms with Crippen LogP contribution < -0.4 is 5.32 Å². The first kappa shape index (κ1) is 33.6. The first-order chi connectivity index (χ1) is 23.6. The predicted octanol–water partition coefficient (Wildman–Crippen LogP) is 6.31. The second kappa shape index (κ2) is 14.0. The molecule has 3 aromatic carbocycles. The maximum Gasteiger partial charge on any atom is 0.304 e. The Morgan fingerprint density at radius 2 is 1.78 bits per heavy atom. The van der Waals surface area contributed by atoms with Crippen molar-refractivity contribution in [3.05, 3.63) is 88.0 Å². The zero-order chi connectivity index (χ0) is 34.8. The number of imidazole rings is 1. The van der Waals surface area contributed by atoms with Crippen molar-refractivity contribution in [3.8, 4) is 28.7 Å². The van der Waals surface area contributed by atoms with Crippen LogP contribution in [0, 0.1) is 25.2 Å². The van der Waals surface area contributed by atoms with Gasteiger partial charge in [-0.2, -0.15) is 5.26 Å². The molecule has 11 nitrogen and oxygen atoms in total. The number of nitriles is 1. The van der Waals surface area contributed by atoms with Gasteiger partial charge in [0.15, 0.2) is 11.4 Å². The number of carboxylic acids is 1. The van der Waals surface area contributed by atoms with Gasteiger partial charge in [0.1, 0.15) is 11.6 Å². The number of anilines is 1. The Morgan fingerprint density at radius 3 is 2.51 bits per heavy atom. The summed E-state index contributed by atoms with van der Waals surface area (Å²) in [6, 6.07) is 17.8. The van der Waals surface area contributed by atoms with Crippen LogP contribution in [-0.2, 0) is 31.4 Å². The van der Waals surface area contributed by atoms with E-state index in [4.69, 9.17) is 9.40 Å². The van der Waals surface area contributed by atoms with E-state index in [0.29, 0.717) is 47.2 Å². The fraction of sp³-hybridized carbons (Fsp3) is 0.342. The number of nitrogens with one attached hydrogen (secondary N) is 1. The number of benzene rings is 3. The molecule has 0 radical (unpaired) electrons. The highest BCUT2D eigenvalue weighted by atomic mass is 16.4. The summed E-state index contributed by atoms with van der Waals surface area (Å²) < 4.78 is 8.16. The molecule has 0 unspecified atom stereocenters. The van der Waals surface area contributed by atoms with E-state index in [1.165, 1.54) is 0 Å². The SMILES string of the molecule is CCCN(CCC(=O)O)Cc1cc(C#N)c2oc(-c3cccc(-c4cccc(NC(=O)c5nc6c(n5C)CCN(C)C6)c4C)c3C)nc2c1. The number of carbonyl (C=O) groups is 2. The molecule has 0 aliphatic carbocycles. The van der Waals surface area contributed by atoms with E-state index >= 15 is 0 Å². The van der Waals surface area contributed by atoms with Crippen LogP contribution >= 0.6 is 0 Å². The summed E-state index contributed by atoms with van der Waals surface area (Å²) in [5.41, 5.74) is 9.61. The van der Waals surface area contributed by atoms with Crippen molar-refractivity contribution in [2.45, 2.75) is 53.1 Å². The number of aromatic nitrogens is 3. The minimum Gasteiger partial charge on any atom is -0.481 e. The van der Waals surface area contributed by atoms with Gasteiger partial charge in [-0.25, -0.2) is 9.97 Å². The van der Waals surface area contributed by atoms with Crippen LogP contribution in [0.2, 0.25) is 0 Å². The summed E-state index contributed by atoms with van der Waals surface area (Å²) in [5, 5.41) is 22.3. The number of likely N-dealkylation sites (N-methyl/N-ethyl adjacent to an activating group) is 1. The Bertz CT molecular complexity index is 2110. The Morgan fingerprint density at radius 1 is 1.04 bits per heavy atom. The Balaban J connectivity index is 1.29. The Kier molecular flexibility index (Phi) is 9.62. The van der Waals surface area contributed by atoms with Gasteiger partial charge in [0.05, 0.1) is 17.7 Å². The molecule has 0 saturated carbocycles. The van der Waals surface area contributed by atoms with Crippen molar-refractivity contribution >= 4 is 28.7 Å². The Hall–Kier alpha value is -5.31. The number of carbonyl (C=O) groups excluding carboxylic acids is 1. The van der Waals surface area contributed by atoms with E-state index < -0.39 is 5.97 Å². The van der Waals surface area contributed by atoms with Crippen LogP contribution in [0.25, 0.3) is 33.7 Å². The smallest absolute Gasteiger partial charge is 0.304 e. The summed E-state index contributed by atoms with van der Waals surface area (Å²) in [6.45, 7) is 9.40. The number of hydrogen-bond donors (Lipinski definition) is 2. The van der Waals surface area contributed by atoms with Gasteiger partial charge in [-0.05, 0) is 85.9 Å². The number of carboxylic acid groups (broad SMARTS) is 1. The average Bonchev–Trinajstić information content (AvgIpc) is 3.65. The van der Waals surface area contributed by atoms with Crippen molar-refractivity contribution in [2.75, 3.05) is 32.0 Å². The molecule has 5 aromatic rings. The molecule has 0 atom stereocenters. The summed E-state index contributed by atoms with van der Waals surface area (Å²) in [4.78, 5) is 38.5. The predicted molar refractivity (Wildman–Crippen MR) is 188 cm³/mol. The largest absolute Gasteiger partial charge is 0.481 e. The van der Waals surface area contributed by atoms with E-state index in [1.807, 2.05) is 67.9 Å². The van der Waals surface area contributed by atoms with Crippen LogP contribution in [0.4, 0.5) is 5.69 Å². The third-order valence-electron chi connectivity index (χ3n) is 9.34. The summed E-state index contributed by atoms with van der Waals surface area (Å²) >= 11 is 0. The third-order valence-corrected chi connectivity index (χ3v) is 9.34. The number of fused-ring (bicyclic) bond motifs is 2. The molecule has 0 fully saturated rings. The zero-order valence-corrected chi connectivity index (χ0v) is 28.6. The van der Waals surface area contributed by atoms with Gasteiger partial charge in [-0.1, -0.05) is 31.2 Å². The molecule has 1 amide bonds. The number of oxazole rings is 1. The van der Waals surface area contributed by atoms with Crippen LogP contribution in [-0.4, -0.2) is 68.0 Å². The van der Waals surface area contributed by atoms with Gasteiger partial charge < -0.3 is 24.3 Å². The quantitative estimate of drug-likeness (QED) is 0.167. The van der Waals surface area contributed by atoms with E-state index in [0.717, 1.165) is 77.2 Å². The molecule has 49 heavy (non-hydrogen) atoms. The van der Waals surface area contributed by atoms with E-state index in [2.05, 4.69) is 40.1 Å². The molecule has 6 rings (SSSR count). The number of nitrogens with zero attached hydrogens (tertiary/aromatic N) is 6. The van der Waals surface area contributed by atoms with Gasteiger partial charge in [0.2, 0.25) is 5.89 Å². The highest BCUT2D eigenvalue weighted by Gasteiger charge is 2.25. The summed E-state index contributed by atoms with van der Waals surface area (Å²) in [6.07, 6.45) is 1.79. The van der Waals surface area contributed by atoms with Crippen LogP contribution in [0.1, 0.15) is 64.0 Å². The van der Waals surface area contributed by atoms with Gasteiger partial charge >= 0.3 is 5.97 Å². The van der Waals surface area contributed by atoms with Crippen LogP contribution in [0.3, 0.4) is 0 Å². The lowest BCUT2D eigenvalue weighted by molar-refractivity contribution is -0.137. The minimum atomic E-state index is -0.837. The maximum absolute atomic E-state index is 13.5. The average molecular weight is 660 g/mol. The lowest BCUT2D eigenvalue weighted by Gasteiger charge is -2.21. The first-order valence-electron chi connectivity index (χ1n) is 16.6. The second-order valence-corrected chi connectivity index (χ2v) is 12.8. The second-order valence-electron chi connectivity index (χ2n) is 12.8. The minimum absolute atomic E-state index is 0.0512. The van der Waals surface area contributed by atoms with E-state index in [9.17, 15) is 20.0 Å². The topological polar surface area (TPSA) is 141 Å². The third kappa shape index (κ3) is 6.84. The molecule has 11 heteroatoms. The van der Waals surface area contributed by atoms with Crippen molar-refractivity contribution in [2.24, 2.45) is 7.05 Å². The highest BCUT2D eigenvalue weighted by molar-refractivity contribution is 6.03. The fourth-order valence-corrected chi connectivity index (χ4v) is 6.74. The normalized spacial score (nSPS) is 13.1. The molecule has 3 heterocycles. The van der Waals surface area contributed by atoms with Crippen molar-refractivity contribution < 1.29 is 19.1 Å². The van der Waals surface area contributed by atoms with Crippen LogP contribution in [0.15, 0.2) is 52.9 Å². The number of aliphatic carboxylic acids is 1. The molecule has 252 valence electrons. The van der Waals surface area contributed by atoms with Crippen molar-refractivity contribution in [3.63, 3.8) is 0 Å². The molecule has 0 saturated heterocycles. The molecule has 2 N–H and O–H groups in total. The van der Waals surface area contributed by atoms with Gasteiger partial charge in [0, 0.05) is 56.6 Å². The molecular formula is C38H41N7O4. The molecule has 0 bridgehead atoms. The highest BCUT2D eigenvalue weighted by Crippen LogP contribution is 2.37. The monoisotopic (exact) mass is 659 g/mol. The molecule has 1 aliphatic heterocycles. The first-order valence-corrected chi connectivity index (χ1v) is 16.6. The molecule has 0 spiro atoms. The zero-order valence-electron chi connectivity index (χ0n) is 28.6. The summed E-state index contributed by atoms with van der Waals surface area (Å²) in [7, 11) is 3.96. The van der Waals surface area contributed by atoms with Crippen LogP contribution in [0.5, 0.6) is 0 Å². The maximum atomic E-state index is 13.5. The van der Waals surface area contributed by atoms with Gasteiger partial charge in [0.25, 0.3) is 5.91 Å². The van der Waals surface area contributed by atoms with E-state index in [1.54, 1.807) is 6.07 Å². The number of rotatable bonds is 11. The molecular weight excluding hydrogens is 618 g/mol. The standard InChI is InChI=1S/C38H41N7O4/c1-6-15-45(17-14-34(46)47)21-25-18-26(20-39)35-31(19-25)42-38(49-35)29-11-7-9-27(23(29)2)28-10-8-12-30(24(28)3)41-37(48)36-40-32-22-43(4)16-13-33(32)44(36)5/h7-12,18-19H,6,13-17,21-22H2,1-5H3,(H,41,48)(H,46,47). The summed E-state index contributed by atoms with van der Waals surface area (Å²) in [5.74, 6) is -0.275. The van der Waals surface area contributed by atoms with Crippen molar-refractivity contribution in [1.82, 2.24) is 24.3 Å². The lowest BCUT2D eigenvalue weighted by Crippen LogP contribution is -2.27. The van der Waals surface area contributed by atoms with Crippen molar-refractivity contribution in [1.29, 1.82) is 5.26 Å². The molecule has 2 aromatic heterocycles.